The van der Waals surface area contributed by atoms with E-state index in [1.165, 1.54) is 23.9 Å². The lowest BCUT2D eigenvalue weighted by molar-refractivity contribution is -0.138. The molecule has 16 heteroatoms. The van der Waals surface area contributed by atoms with Crippen molar-refractivity contribution in [1.82, 2.24) is 31.1 Å². The van der Waals surface area contributed by atoms with Gasteiger partial charge in [-0.05, 0) is 42.4 Å². The lowest BCUT2D eigenvalue weighted by atomic mass is 10.0. The Morgan fingerprint density at radius 3 is 1.98 bits per heavy atom. The molecule has 0 aromatic heterocycles. The predicted octanol–water partition coefficient (Wildman–Crippen LogP) is 1.05. The normalized spacial score (nSPS) is 13.8. The largest absolute Gasteiger partial charge is 0.445 e. The molecule has 1 aliphatic heterocycles. The monoisotopic (exact) mass is 701 g/mol. The summed E-state index contributed by atoms with van der Waals surface area (Å²) in [6.07, 6.45) is 1.74. The Balaban J connectivity index is 1.76. The van der Waals surface area contributed by atoms with E-state index in [4.69, 9.17) is 4.74 Å². The molecule has 0 aliphatic carbocycles. The van der Waals surface area contributed by atoms with Gasteiger partial charge in [0.25, 0.3) is 0 Å². The maximum atomic E-state index is 12.8. The van der Waals surface area contributed by atoms with E-state index in [9.17, 15) is 38.4 Å². The molecule has 16 nitrogen and oxygen atoms in total. The van der Waals surface area contributed by atoms with Crippen molar-refractivity contribution in [3.63, 3.8) is 0 Å². The summed E-state index contributed by atoms with van der Waals surface area (Å²) in [5.41, 5.74) is 1.06. The minimum Gasteiger partial charge on any atom is -0.445 e. The molecule has 1 heterocycles. The van der Waals surface area contributed by atoms with Crippen LogP contribution in [0.5, 0.6) is 0 Å². The molecule has 8 amide bonds. The lowest BCUT2D eigenvalue weighted by Crippen LogP contribution is -2.52. The number of amides is 8. The number of carbonyl (C=O) groups is 8. The van der Waals surface area contributed by atoms with Crippen LogP contribution in [0.1, 0.15) is 71.8 Å². The Hall–Kier alpha value is -5.02. The van der Waals surface area contributed by atoms with Crippen molar-refractivity contribution in [2.75, 3.05) is 39.0 Å². The van der Waals surface area contributed by atoms with Crippen LogP contribution >= 0.6 is 0 Å². The fourth-order valence-electron chi connectivity index (χ4n) is 5.20. The number of rotatable bonds is 19. The summed E-state index contributed by atoms with van der Waals surface area (Å²) in [5.74, 6) is -2.96. The Kier molecular flexibility index (Phi) is 16.9. The minimum atomic E-state index is -0.860. The van der Waals surface area contributed by atoms with Crippen LogP contribution in [0.4, 0.5) is 10.5 Å². The minimum absolute atomic E-state index is 0.0962. The zero-order chi connectivity index (χ0) is 37.4. The molecular weight excluding hydrogens is 650 g/mol. The number of carbonyl (C=O) groups excluding carboxylic acids is 8. The fourth-order valence-corrected chi connectivity index (χ4v) is 5.20. The summed E-state index contributed by atoms with van der Waals surface area (Å²) in [4.78, 5) is 100. The summed E-state index contributed by atoms with van der Waals surface area (Å²) >= 11 is 0. The van der Waals surface area contributed by atoms with Crippen LogP contribution in [0.25, 0.3) is 0 Å². The number of imide groups is 1. The third-order valence-electron chi connectivity index (χ3n) is 8.04. The average Bonchev–Trinajstić information content (AvgIpc) is 3.39. The Bertz CT molecular complexity index is 1370. The Morgan fingerprint density at radius 1 is 0.800 bits per heavy atom. The van der Waals surface area contributed by atoms with E-state index in [2.05, 4.69) is 26.6 Å². The van der Waals surface area contributed by atoms with Crippen LogP contribution in [0.15, 0.2) is 24.3 Å². The standard InChI is InChI=1S/C34H51N7O9/c1-21(2)30(39-25(42)10-8-7-9-17-41-28(45)15-16-29(41)46)32(47)36-19-27(44)38-24-13-11-23(12-14-24)20-50-34(49)40(6)31(22(3)4)33(48)37-18-26(43)35-5/h11-14,21-22,30-31H,7-10,15-20H2,1-6H3,(H,35,43)(H,36,47)(H,37,48)(H,38,44)(H,39,42). The molecule has 5 N–H and O–H groups in total. The second-order valence-electron chi connectivity index (χ2n) is 12.7. The van der Waals surface area contributed by atoms with Gasteiger partial charge in [0.05, 0.1) is 13.1 Å². The summed E-state index contributed by atoms with van der Waals surface area (Å²) in [5, 5.41) is 12.9. The Labute approximate surface area is 292 Å². The molecule has 1 aromatic carbocycles. The van der Waals surface area contributed by atoms with Crippen molar-refractivity contribution in [2.45, 2.75) is 84.9 Å². The van der Waals surface area contributed by atoms with Gasteiger partial charge in [0.15, 0.2) is 0 Å². The maximum absolute atomic E-state index is 12.8. The first kappa shape index (κ1) is 41.2. The topological polar surface area (TPSA) is 212 Å². The molecule has 2 rings (SSSR count). The summed E-state index contributed by atoms with van der Waals surface area (Å²) in [7, 11) is 2.89. The van der Waals surface area contributed by atoms with Crippen molar-refractivity contribution in [1.29, 1.82) is 0 Å². The van der Waals surface area contributed by atoms with Gasteiger partial charge in [-0.2, -0.15) is 0 Å². The molecule has 0 bridgehead atoms. The van der Waals surface area contributed by atoms with Crippen molar-refractivity contribution in [3.8, 4) is 0 Å². The highest BCUT2D eigenvalue weighted by atomic mass is 16.6. The number of nitrogens with one attached hydrogen (secondary N) is 5. The number of hydrogen-bond acceptors (Lipinski definition) is 9. The van der Waals surface area contributed by atoms with Gasteiger partial charge in [-0.15, -0.1) is 0 Å². The molecule has 1 saturated heterocycles. The molecule has 1 fully saturated rings. The van der Waals surface area contributed by atoms with Crippen LogP contribution in [0.2, 0.25) is 0 Å². The van der Waals surface area contributed by atoms with Gasteiger partial charge < -0.3 is 31.3 Å². The van der Waals surface area contributed by atoms with Crippen molar-refractivity contribution in [3.05, 3.63) is 29.8 Å². The number of unbranched alkanes of at least 4 members (excludes halogenated alkanes) is 2. The molecule has 0 radical (unpaired) electrons. The molecule has 50 heavy (non-hydrogen) atoms. The highest BCUT2D eigenvalue weighted by Gasteiger charge is 2.31. The summed E-state index contributed by atoms with van der Waals surface area (Å²) in [6.45, 7) is 6.80. The smallest absolute Gasteiger partial charge is 0.410 e. The van der Waals surface area contributed by atoms with E-state index in [1.54, 1.807) is 52.0 Å². The van der Waals surface area contributed by atoms with E-state index in [0.717, 1.165) is 0 Å². The van der Waals surface area contributed by atoms with Gasteiger partial charge in [0, 0.05) is 45.6 Å². The third kappa shape index (κ3) is 13.5. The molecule has 2 atom stereocenters. The number of hydrogen-bond donors (Lipinski definition) is 5. The van der Waals surface area contributed by atoms with Crippen molar-refractivity contribution in [2.24, 2.45) is 11.8 Å². The van der Waals surface area contributed by atoms with Crippen molar-refractivity contribution < 1.29 is 43.1 Å². The van der Waals surface area contributed by atoms with Crippen LogP contribution in [0, 0.1) is 11.8 Å². The molecule has 1 aromatic rings. The molecule has 1 aliphatic rings. The summed E-state index contributed by atoms with van der Waals surface area (Å²) < 4.78 is 5.37. The lowest BCUT2D eigenvalue weighted by Gasteiger charge is -2.29. The Morgan fingerprint density at radius 2 is 1.40 bits per heavy atom. The van der Waals surface area contributed by atoms with Gasteiger partial charge in [0.2, 0.25) is 41.4 Å². The van der Waals surface area contributed by atoms with Gasteiger partial charge in [0.1, 0.15) is 18.7 Å². The quantitative estimate of drug-likeness (QED) is 0.103. The second-order valence-corrected chi connectivity index (χ2v) is 12.7. The fraction of sp³-hybridized carbons (Fsp3) is 0.588. The zero-order valence-electron chi connectivity index (χ0n) is 29.8. The molecule has 0 saturated carbocycles. The van der Waals surface area contributed by atoms with Gasteiger partial charge in [-0.25, -0.2) is 4.79 Å². The SMILES string of the molecule is CNC(=O)CNC(=O)C(C(C)C)N(C)C(=O)OCc1ccc(NC(=O)CNC(=O)C(NC(=O)CCCCCN2C(=O)CCC2=O)C(C)C)cc1. The average molecular weight is 702 g/mol. The van der Waals surface area contributed by atoms with Crippen molar-refractivity contribution >= 4 is 53.1 Å². The molecule has 276 valence electrons. The van der Waals surface area contributed by atoms with Crippen LogP contribution in [-0.4, -0.2) is 103 Å². The van der Waals surface area contributed by atoms with E-state index in [0.29, 0.717) is 37.1 Å². The molecule has 2 unspecified atom stereocenters. The highest BCUT2D eigenvalue weighted by Crippen LogP contribution is 2.15. The third-order valence-corrected chi connectivity index (χ3v) is 8.04. The number of anilines is 1. The first-order valence-electron chi connectivity index (χ1n) is 16.8. The maximum Gasteiger partial charge on any atom is 0.410 e. The van der Waals surface area contributed by atoms with Crippen LogP contribution in [-0.2, 0) is 44.9 Å². The van der Waals surface area contributed by atoms with Crippen LogP contribution < -0.4 is 26.6 Å². The number of nitrogens with zero attached hydrogens (tertiary/aromatic N) is 2. The highest BCUT2D eigenvalue weighted by molar-refractivity contribution is 6.02. The molecular formula is C34H51N7O9. The van der Waals surface area contributed by atoms with E-state index in [-0.39, 0.29) is 74.4 Å². The van der Waals surface area contributed by atoms with Gasteiger partial charge >= 0.3 is 6.09 Å². The first-order chi connectivity index (χ1) is 23.6. The number of ether oxygens (including phenoxy) is 1. The summed E-state index contributed by atoms with van der Waals surface area (Å²) in [6, 6.07) is 4.80. The number of likely N-dealkylation sites (tertiary alicyclic amines) is 1. The van der Waals surface area contributed by atoms with Gasteiger partial charge in [-0.1, -0.05) is 46.2 Å². The van der Waals surface area contributed by atoms with Gasteiger partial charge in [-0.3, -0.25) is 43.4 Å². The first-order valence-corrected chi connectivity index (χ1v) is 16.8. The predicted molar refractivity (Wildman–Crippen MR) is 183 cm³/mol. The number of benzene rings is 1. The van der Waals surface area contributed by atoms with Crippen LogP contribution in [0.3, 0.4) is 0 Å². The second kappa shape index (κ2) is 20.5. The van der Waals surface area contributed by atoms with E-state index < -0.39 is 35.9 Å². The number of likely N-dealkylation sites (N-methyl/N-ethyl adjacent to an activating group) is 2. The van der Waals surface area contributed by atoms with E-state index >= 15 is 0 Å². The van der Waals surface area contributed by atoms with E-state index in [1.807, 2.05) is 0 Å². The molecule has 0 spiro atoms. The zero-order valence-corrected chi connectivity index (χ0v) is 29.8.